The second-order valence-corrected chi connectivity index (χ2v) is 7.90. The highest BCUT2D eigenvalue weighted by molar-refractivity contribution is 8.00. The van der Waals surface area contributed by atoms with Crippen LogP contribution in [0.4, 0.5) is 10.1 Å². The predicted molar refractivity (Wildman–Crippen MR) is 110 cm³/mol. The van der Waals surface area contributed by atoms with Gasteiger partial charge in [-0.05, 0) is 50.2 Å². The maximum atomic E-state index is 13.1. The van der Waals surface area contributed by atoms with E-state index in [2.05, 4.69) is 10.4 Å². The third-order valence-electron chi connectivity index (χ3n) is 3.91. The van der Waals surface area contributed by atoms with E-state index in [1.165, 1.54) is 34.6 Å². The lowest BCUT2D eigenvalue weighted by molar-refractivity contribution is -0.115. The Hall–Kier alpha value is -2.64. The van der Waals surface area contributed by atoms with Crippen molar-refractivity contribution in [2.45, 2.75) is 24.1 Å². The van der Waals surface area contributed by atoms with Crippen LogP contribution in [0.15, 0.2) is 64.4 Å². The van der Waals surface area contributed by atoms with E-state index in [0.717, 1.165) is 11.6 Å². The lowest BCUT2D eigenvalue weighted by Crippen LogP contribution is -2.24. The normalized spacial score (nSPS) is 11.9. The van der Waals surface area contributed by atoms with Gasteiger partial charge in [0.1, 0.15) is 10.8 Å². The molecular weight excluding hydrogens is 401 g/mol. The van der Waals surface area contributed by atoms with Gasteiger partial charge in [0.2, 0.25) is 5.91 Å². The van der Waals surface area contributed by atoms with E-state index in [4.69, 9.17) is 11.6 Å². The van der Waals surface area contributed by atoms with E-state index in [-0.39, 0.29) is 16.5 Å². The van der Waals surface area contributed by atoms with Gasteiger partial charge < -0.3 is 5.32 Å². The van der Waals surface area contributed by atoms with Crippen molar-refractivity contribution >= 4 is 35.0 Å². The molecule has 0 radical (unpaired) electrons. The minimum absolute atomic E-state index is 0.122. The molecule has 3 rings (SSSR count). The van der Waals surface area contributed by atoms with Crippen molar-refractivity contribution in [3.63, 3.8) is 0 Å². The lowest BCUT2D eigenvalue weighted by Gasteiger charge is -2.13. The molecule has 0 aliphatic carbocycles. The highest BCUT2D eigenvalue weighted by atomic mass is 35.5. The maximum Gasteiger partial charge on any atom is 0.271 e. The molecule has 5 nitrogen and oxygen atoms in total. The molecule has 0 aliphatic heterocycles. The van der Waals surface area contributed by atoms with Crippen LogP contribution in [-0.4, -0.2) is 20.9 Å². The van der Waals surface area contributed by atoms with Gasteiger partial charge in [-0.3, -0.25) is 9.59 Å². The number of aryl methyl sites for hydroxylation is 1. The van der Waals surface area contributed by atoms with Crippen LogP contribution in [0, 0.1) is 12.7 Å². The van der Waals surface area contributed by atoms with Crippen LogP contribution in [0.5, 0.6) is 0 Å². The van der Waals surface area contributed by atoms with E-state index in [9.17, 15) is 14.0 Å². The van der Waals surface area contributed by atoms with Crippen LogP contribution in [0.1, 0.15) is 12.5 Å². The first-order chi connectivity index (χ1) is 13.3. The number of carbonyl (C=O) groups is 1. The number of rotatable bonds is 5. The molecule has 0 spiro atoms. The van der Waals surface area contributed by atoms with Crippen molar-refractivity contribution in [2.24, 2.45) is 0 Å². The smallest absolute Gasteiger partial charge is 0.271 e. The highest BCUT2D eigenvalue weighted by Crippen LogP contribution is 2.25. The molecule has 1 unspecified atom stereocenters. The van der Waals surface area contributed by atoms with Crippen molar-refractivity contribution in [3.05, 3.63) is 81.4 Å². The topological polar surface area (TPSA) is 64.0 Å². The van der Waals surface area contributed by atoms with Crippen LogP contribution in [-0.2, 0) is 4.79 Å². The minimum atomic E-state index is -0.516. The zero-order valence-corrected chi connectivity index (χ0v) is 16.7. The monoisotopic (exact) mass is 417 g/mol. The molecule has 0 aliphatic rings. The van der Waals surface area contributed by atoms with E-state index < -0.39 is 11.1 Å². The number of anilines is 1. The number of hydrogen-bond acceptors (Lipinski definition) is 4. The van der Waals surface area contributed by atoms with E-state index >= 15 is 0 Å². The molecule has 3 aromatic rings. The molecule has 0 saturated carbocycles. The molecule has 0 fully saturated rings. The van der Waals surface area contributed by atoms with Gasteiger partial charge in [-0.15, -0.1) is 0 Å². The number of halogens is 2. The summed E-state index contributed by atoms with van der Waals surface area (Å²) in [5.41, 5.74) is 1.79. The summed E-state index contributed by atoms with van der Waals surface area (Å²) in [6.45, 7) is 3.67. The number of benzene rings is 2. The van der Waals surface area contributed by atoms with Crippen LogP contribution in [0.2, 0.25) is 5.02 Å². The molecule has 1 atom stereocenters. The number of aromatic nitrogens is 2. The average Bonchev–Trinajstić information content (AvgIpc) is 2.66. The summed E-state index contributed by atoms with van der Waals surface area (Å²) in [5, 5.41) is 7.14. The number of thioether (sulfide) groups is 1. The molecule has 1 N–H and O–H groups in total. The van der Waals surface area contributed by atoms with Crippen LogP contribution in [0.3, 0.4) is 0 Å². The Morgan fingerprint density at radius 2 is 1.89 bits per heavy atom. The third kappa shape index (κ3) is 4.79. The SMILES string of the molecule is Cc1ccc(-n2nc(SC(C)C(=O)Nc3ccc(F)cc3Cl)ccc2=O)cc1. The van der Waals surface area contributed by atoms with Crippen LogP contribution < -0.4 is 10.9 Å². The van der Waals surface area contributed by atoms with E-state index in [0.29, 0.717) is 16.4 Å². The lowest BCUT2D eigenvalue weighted by atomic mass is 10.2. The molecule has 1 amide bonds. The highest BCUT2D eigenvalue weighted by Gasteiger charge is 2.17. The van der Waals surface area contributed by atoms with Gasteiger partial charge in [0.05, 0.1) is 21.6 Å². The first-order valence-electron chi connectivity index (χ1n) is 8.43. The van der Waals surface area contributed by atoms with Gasteiger partial charge in [-0.25, -0.2) is 4.39 Å². The van der Waals surface area contributed by atoms with E-state index in [1.54, 1.807) is 13.0 Å². The van der Waals surface area contributed by atoms with Crippen molar-refractivity contribution in [3.8, 4) is 5.69 Å². The first kappa shape index (κ1) is 20.1. The summed E-state index contributed by atoms with van der Waals surface area (Å²) in [6.07, 6.45) is 0. The zero-order chi connectivity index (χ0) is 20.3. The van der Waals surface area contributed by atoms with Crippen molar-refractivity contribution in [2.75, 3.05) is 5.32 Å². The Bertz CT molecular complexity index is 1070. The van der Waals surface area contributed by atoms with E-state index in [1.807, 2.05) is 31.2 Å². The number of carbonyl (C=O) groups excluding carboxylic acids is 1. The molecule has 1 heterocycles. The molecular formula is C20H17ClFN3O2S. The average molecular weight is 418 g/mol. The van der Waals surface area contributed by atoms with Gasteiger partial charge in [0.15, 0.2) is 0 Å². The van der Waals surface area contributed by atoms with Crippen LogP contribution >= 0.6 is 23.4 Å². The summed E-state index contributed by atoms with van der Waals surface area (Å²) in [5.74, 6) is -0.790. The molecule has 0 bridgehead atoms. The van der Waals surface area contributed by atoms with Gasteiger partial charge in [0.25, 0.3) is 5.56 Å². The minimum Gasteiger partial charge on any atom is -0.324 e. The molecule has 1 aromatic heterocycles. The molecule has 144 valence electrons. The maximum absolute atomic E-state index is 13.1. The van der Waals surface area contributed by atoms with Crippen LogP contribution in [0.25, 0.3) is 5.69 Å². The van der Waals surface area contributed by atoms with Gasteiger partial charge in [-0.1, -0.05) is 41.1 Å². The fourth-order valence-corrected chi connectivity index (χ4v) is 3.41. The second-order valence-electron chi connectivity index (χ2n) is 6.13. The largest absolute Gasteiger partial charge is 0.324 e. The van der Waals surface area contributed by atoms with Crippen molar-refractivity contribution in [1.29, 1.82) is 0 Å². The Labute approximate surface area is 170 Å². The van der Waals surface area contributed by atoms with Gasteiger partial charge >= 0.3 is 0 Å². The Morgan fingerprint density at radius 1 is 1.18 bits per heavy atom. The number of hydrogen-bond donors (Lipinski definition) is 1. The molecule has 8 heteroatoms. The Balaban J connectivity index is 1.75. The number of nitrogens with zero attached hydrogens (tertiary/aromatic N) is 2. The summed E-state index contributed by atoms with van der Waals surface area (Å²) < 4.78 is 14.4. The van der Waals surface area contributed by atoms with Crippen molar-refractivity contribution in [1.82, 2.24) is 9.78 Å². The van der Waals surface area contributed by atoms with Gasteiger partial charge in [0, 0.05) is 6.07 Å². The number of amides is 1. The van der Waals surface area contributed by atoms with Gasteiger partial charge in [-0.2, -0.15) is 9.78 Å². The molecule has 0 saturated heterocycles. The summed E-state index contributed by atoms with van der Waals surface area (Å²) >= 11 is 7.14. The summed E-state index contributed by atoms with van der Waals surface area (Å²) in [7, 11) is 0. The number of nitrogens with one attached hydrogen (secondary N) is 1. The first-order valence-corrected chi connectivity index (χ1v) is 9.69. The fourth-order valence-electron chi connectivity index (χ4n) is 2.39. The second kappa shape index (κ2) is 8.58. The summed E-state index contributed by atoms with van der Waals surface area (Å²) in [4.78, 5) is 24.6. The standard InChI is InChI=1S/C20H17ClFN3O2S/c1-12-3-6-15(7-4-12)25-19(26)10-9-18(24-25)28-13(2)20(27)23-17-8-5-14(22)11-16(17)21/h3-11,13H,1-2H3,(H,23,27). The summed E-state index contributed by atoms with van der Waals surface area (Å²) in [6, 6.07) is 14.2. The zero-order valence-electron chi connectivity index (χ0n) is 15.1. The fraction of sp³-hybridized carbons (Fsp3) is 0.150. The third-order valence-corrected chi connectivity index (χ3v) is 5.25. The quantitative estimate of drug-likeness (QED) is 0.623. The molecule has 2 aromatic carbocycles. The Morgan fingerprint density at radius 3 is 2.57 bits per heavy atom. The predicted octanol–water partition coefficient (Wildman–Crippen LogP) is 4.45. The molecule has 28 heavy (non-hydrogen) atoms. The van der Waals surface area contributed by atoms with Crippen molar-refractivity contribution < 1.29 is 9.18 Å². The Kier molecular flexibility index (Phi) is 6.16.